The van der Waals surface area contributed by atoms with E-state index in [0.717, 1.165) is 16.9 Å². The average Bonchev–Trinajstić information content (AvgIpc) is 2.24. The fourth-order valence-corrected chi connectivity index (χ4v) is 1.86. The van der Waals surface area contributed by atoms with Gasteiger partial charge < -0.3 is 4.74 Å². The minimum atomic E-state index is -0.485. The summed E-state index contributed by atoms with van der Waals surface area (Å²) in [5.74, 6) is 0.562. The van der Waals surface area contributed by atoms with Gasteiger partial charge in [0.1, 0.15) is 5.75 Å². The zero-order valence-corrected chi connectivity index (χ0v) is 8.05. The van der Waals surface area contributed by atoms with Gasteiger partial charge in [-0.15, -0.1) is 0 Å². The summed E-state index contributed by atoms with van der Waals surface area (Å²) in [5.41, 5.74) is 1.66. The van der Waals surface area contributed by atoms with Gasteiger partial charge in [-0.25, -0.2) is 0 Å². The number of hydrogen-bond donors (Lipinski definition) is 0. The van der Waals surface area contributed by atoms with Crippen molar-refractivity contribution in [1.82, 2.24) is 0 Å². The van der Waals surface area contributed by atoms with Gasteiger partial charge in [0.15, 0.2) is 0 Å². The zero-order chi connectivity index (χ0) is 9.64. The van der Waals surface area contributed by atoms with Crippen molar-refractivity contribution < 1.29 is 9.53 Å². The molecule has 0 saturated heterocycles. The molecule has 0 radical (unpaired) electrons. The second-order valence-corrected chi connectivity index (χ2v) is 3.96. The Morgan fingerprint density at radius 3 is 2.62 bits per heavy atom. The molecule has 2 heteroatoms. The van der Waals surface area contributed by atoms with Crippen LogP contribution in [-0.2, 0) is 10.2 Å². The molecule has 0 atom stereocenters. The maximum atomic E-state index is 11.5. The number of carbonyl (C=O) groups excluding carboxylic acids is 1. The number of esters is 1. The summed E-state index contributed by atoms with van der Waals surface area (Å²) < 4.78 is 5.16. The van der Waals surface area contributed by atoms with Crippen LogP contribution in [-0.4, -0.2) is 5.97 Å². The Morgan fingerprint density at radius 1 is 1.31 bits per heavy atom. The molecule has 0 saturated carbocycles. The van der Waals surface area contributed by atoms with E-state index >= 15 is 0 Å². The first-order valence-corrected chi connectivity index (χ1v) is 4.36. The average molecular weight is 176 g/mol. The summed E-state index contributed by atoms with van der Waals surface area (Å²) in [7, 11) is 0. The van der Waals surface area contributed by atoms with E-state index in [1.165, 1.54) is 0 Å². The van der Waals surface area contributed by atoms with Crippen LogP contribution in [0.5, 0.6) is 5.75 Å². The smallest absolute Gasteiger partial charge is 0.321 e. The maximum Gasteiger partial charge on any atom is 0.321 e. The van der Waals surface area contributed by atoms with E-state index < -0.39 is 5.41 Å². The molecule has 0 N–H and O–H groups in total. The highest BCUT2D eigenvalue weighted by Crippen LogP contribution is 2.40. The van der Waals surface area contributed by atoms with Gasteiger partial charge >= 0.3 is 5.97 Å². The Balaban J connectivity index is 2.70. The Bertz CT molecular complexity index is 378. The Morgan fingerprint density at radius 2 is 2.00 bits per heavy atom. The van der Waals surface area contributed by atoms with Gasteiger partial charge in [0.2, 0.25) is 0 Å². The minimum Gasteiger partial charge on any atom is -0.426 e. The largest absolute Gasteiger partial charge is 0.426 e. The van der Waals surface area contributed by atoms with Gasteiger partial charge in [0.05, 0.1) is 5.41 Å². The molecule has 1 heterocycles. The summed E-state index contributed by atoms with van der Waals surface area (Å²) in [6.07, 6.45) is 0. The normalized spacial score (nSPS) is 18.2. The molecule has 1 aliphatic rings. The molecule has 0 aromatic heterocycles. The minimum absolute atomic E-state index is 0.156. The lowest BCUT2D eigenvalue weighted by atomic mass is 9.83. The van der Waals surface area contributed by atoms with Gasteiger partial charge in [-0.1, -0.05) is 12.1 Å². The number of rotatable bonds is 0. The number of aryl methyl sites for hydroxylation is 1. The third-order valence-electron chi connectivity index (χ3n) is 2.57. The standard InChI is InChI=1S/C11H12O2/c1-7-5-4-6-8-9(7)11(2,3)10(12)13-8/h4-6H,1-3H3. The fourth-order valence-electron chi connectivity index (χ4n) is 1.86. The number of hydrogen-bond acceptors (Lipinski definition) is 2. The van der Waals surface area contributed by atoms with Crippen LogP contribution in [0.3, 0.4) is 0 Å². The molecule has 0 bridgehead atoms. The molecule has 2 rings (SSSR count). The van der Waals surface area contributed by atoms with Crippen molar-refractivity contribution in [3.63, 3.8) is 0 Å². The van der Waals surface area contributed by atoms with Crippen LogP contribution in [0, 0.1) is 6.92 Å². The number of carbonyl (C=O) groups is 1. The topological polar surface area (TPSA) is 26.3 Å². The first-order valence-electron chi connectivity index (χ1n) is 4.36. The fraction of sp³-hybridized carbons (Fsp3) is 0.364. The lowest BCUT2D eigenvalue weighted by Crippen LogP contribution is -2.26. The molecular formula is C11H12O2. The summed E-state index contributed by atoms with van der Waals surface area (Å²) >= 11 is 0. The van der Waals surface area contributed by atoms with Crippen molar-refractivity contribution in [2.75, 3.05) is 0 Å². The molecule has 2 nitrogen and oxygen atoms in total. The number of benzene rings is 1. The molecule has 68 valence electrons. The lowest BCUT2D eigenvalue weighted by Gasteiger charge is -2.14. The Hall–Kier alpha value is -1.31. The molecule has 1 aliphatic heterocycles. The van der Waals surface area contributed by atoms with E-state index in [4.69, 9.17) is 4.74 Å². The van der Waals surface area contributed by atoms with Crippen molar-refractivity contribution in [2.24, 2.45) is 0 Å². The van der Waals surface area contributed by atoms with Crippen LogP contribution < -0.4 is 4.74 Å². The van der Waals surface area contributed by atoms with E-state index in [1.54, 1.807) is 0 Å². The second-order valence-electron chi connectivity index (χ2n) is 3.96. The summed E-state index contributed by atoms with van der Waals surface area (Å²) in [4.78, 5) is 11.5. The number of ether oxygens (including phenoxy) is 1. The van der Waals surface area contributed by atoms with Crippen LogP contribution in [0.2, 0.25) is 0 Å². The lowest BCUT2D eigenvalue weighted by molar-refractivity contribution is -0.137. The summed E-state index contributed by atoms with van der Waals surface area (Å²) in [6.45, 7) is 5.80. The van der Waals surface area contributed by atoms with Crippen LogP contribution in [0.15, 0.2) is 18.2 Å². The SMILES string of the molecule is Cc1cccc2c1C(C)(C)C(=O)O2. The van der Waals surface area contributed by atoms with E-state index in [9.17, 15) is 4.79 Å². The predicted octanol–water partition coefficient (Wildman–Crippen LogP) is 2.19. The molecular weight excluding hydrogens is 164 g/mol. The van der Waals surface area contributed by atoms with Gasteiger partial charge in [-0.2, -0.15) is 0 Å². The van der Waals surface area contributed by atoms with Gasteiger partial charge in [0.25, 0.3) is 0 Å². The quantitative estimate of drug-likeness (QED) is 0.447. The molecule has 1 aromatic rings. The van der Waals surface area contributed by atoms with Crippen LogP contribution in [0.4, 0.5) is 0 Å². The highest BCUT2D eigenvalue weighted by molar-refractivity contribution is 5.90. The van der Waals surface area contributed by atoms with Crippen LogP contribution in [0.25, 0.3) is 0 Å². The van der Waals surface area contributed by atoms with Crippen molar-refractivity contribution in [1.29, 1.82) is 0 Å². The Labute approximate surface area is 77.5 Å². The molecule has 1 aromatic carbocycles. The highest BCUT2D eigenvalue weighted by atomic mass is 16.5. The summed E-state index contributed by atoms with van der Waals surface area (Å²) in [5, 5.41) is 0. The number of fused-ring (bicyclic) bond motifs is 1. The van der Waals surface area contributed by atoms with Gasteiger partial charge in [0, 0.05) is 5.56 Å². The second kappa shape index (κ2) is 2.34. The van der Waals surface area contributed by atoms with Gasteiger partial charge in [-0.3, -0.25) is 4.79 Å². The maximum absolute atomic E-state index is 11.5. The molecule has 0 fully saturated rings. The van der Waals surface area contributed by atoms with Crippen LogP contribution in [0.1, 0.15) is 25.0 Å². The molecule has 0 amide bonds. The van der Waals surface area contributed by atoms with E-state index in [1.807, 2.05) is 39.0 Å². The first-order chi connectivity index (χ1) is 6.03. The summed E-state index contributed by atoms with van der Waals surface area (Å²) in [6, 6.07) is 5.75. The van der Waals surface area contributed by atoms with Crippen molar-refractivity contribution >= 4 is 5.97 Å². The molecule has 0 aliphatic carbocycles. The van der Waals surface area contributed by atoms with E-state index in [0.29, 0.717) is 0 Å². The Kier molecular flexibility index (Phi) is 1.50. The van der Waals surface area contributed by atoms with Crippen molar-refractivity contribution in [2.45, 2.75) is 26.2 Å². The van der Waals surface area contributed by atoms with E-state index in [2.05, 4.69) is 0 Å². The zero-order valence-electron chi connectivity index (χ0n) is 8.05. The first kappa shape index (κ1) is 8.30. The molecule has 0 spiro atoms. The van der Waals surface area contributed by atoms with Crippen molar-refractivity contribution in [3.05, 3.63) is 29.3 Å². The van der Waals surface area contributed by atoms with Gasteiger partial charge in [-0.05, 0) is 32.4 Å². The third-order valence-corrected chi connectivity index (χ3v) is 2.57. The molecule has 0 unspecified atom stereocenters. The van der Waals surface area contributed by atoms with Crippen LogP contribution >= 0.6 is 0 Å². The van der Waals surface area contributed by atoms with E-state index in [-0.39, 0.29) is 5.97 Å². The monoisotopic (exact) mass is 176 g/mol. The highest BCUT2D eigenvalue weighted by Gasteiger charge is 2.41. The predicted molar refractivity (Wildman–Crippen MR) is 49.8 cm³/mol. The molecule has 13 heavy (non-hydrogen) atoms. The van der Waals surface area contributed by atoms with Crippen molar-refractivity contribution in [3.8, 4) is 5.75 Å². The third kappa shape index (κ3) is 0.981.